The summed E-state index contributed by atoms with van der Waals surface area (Å²) < 4.78 is 37.2. The summed E-state index contributed by atoms with van der Waals surface area (Å²) in [5.74, 6) is -0.0877. The molecule has 2 N–H and O–H groups in total. The topological polar surface area (TPSA) is 112 Å². The van der Waals surface area contributed by atoms with E-state index in [-0.39, 0.29) is 25.9 Å². The van der Waals surface area contributed by atoms with Crippen molar-refractivity contribution < 1.29 is 27.9 Å². The van der Waals surface area contributed by atoms with E-state index < -0.39 is 20.7 Å². The van der Waals surface area contributed by atoms with Crippen molar-refractivity contribution in [3.05, 3.63) is 24.3 Å². The van der Waals surface area contributed by atoms with Crippen LogP contribution in [0.2, 0.25) is 0 Å². The molecule has 0 spiro atoms. The summed E-state index contributed by atoms with van der Waals surface area (Å²) in [5.41, 5.74) is 2.61. The molecule has 0 unspecified atom stereocenters. The summed E-state index contributed by atoms with van der Waals surface area (Å²) >= 11 is 0. The molecule has 0 bridgehead atoms. The summed E-state index contributed by atoms with van der Waals surface area (Å²) in [7, 11) is -0.737. The minimum Gasteiger partial charge on any atom is -0.497 e. The highest BCUT2D eigenvalue weighted by atomic mass is 32.2. The van der Waals surface area contributed by atoms with E-state index in [2.05, 4.69) is 9.80 Å². The molecule has 2 fully saturated rings. The van der Waals surface area contributed by atoms with Crippen LogP contribution >= 0.6 is 0 Å². The lowest BCUT2D eigenvalue weighted by atomic mass is 9.95. The Morgan fingerprint density at radius 3 is 2.19 bits per heavy atom. The molecular formula is C20H32N4O6S. The first kappa shape index (κ1) is 23.7. The SMILES string of the molecule is COCCN1CCC(C(=O)NO)(S(=O)(=O)N2CCN(c3ccc(OC)cc3)CC2)CC1. The van der Waals surface area contributed by atoms with Crippen molar-refractivity contribution in [1.82, 2.24) is 14.7 Å². The quantitative estimate of drug-likeness (QED) is 0.420. The van der Waals surface area contributed by atoms with Gasteiger partial charge in [-0.3, -0.25) is 10.0 Å². The molecule has 0 atom stereocenters. The van der Waals surface area contributed by atoms with Gasteiger partial charge >= 0.3 is 0 Å². The van der Waals surface area contributed by atoms with Crippen LogP contribution in [0.1, 0.15) is 12.8 Å². The Balaban J connectivity index is 1.70. The van der Waals surface area contributed by atoms with Crippen molar-refractivity contribution in [1.29, 1.82) is 0 Å². The van der Waals surface area contributed by atoms with Crippen LogP contribution in [0.25, 0.3) is 0 Å². The van der Waals surface area contributed by atoms with Crippen LogP contribution in [-0.4, -0.2) is 100 Å². The van der Waals surface area contributed by atoms with Gasteiger partial charge in [0, 0.05) is 58.6 Å². The Labute approximate surface area is 183 Å². The molecular weight excluding hydrogens is 424 g/mol. The van der Waals surface area contributed by atoms with Gasteiger partial charge in [0.1, 0.15) is 5.75 Å². The number of piperazine rings is 1. The summed E-state index contributed by atoms with van der Waals surface area (Å²) in [4.78, 5) is 16.8. The van der Waals surface area contributed by atoms with Crippen LogP contribution in [-0.2, 0) is 19.6 Å². The smallest absolute Gasteiger partial charge is 0.266 e. The van der Waals surface area contributed by atoms with Gasteiger partial charge < -0.3 is 19.3 Å². The normalized spacial score (nSPS) is 20.4. The Kier molecular flexibility index (Phi) is 7.76. The van der Waals surface area contributed by atoms with Gasteiger partial charge in [0.15, 0.2) is 4.75 Å². The number of ether oxygens (including phenoxy) is 2. The van der Waals surface area contributed by atoms with E-state index in [4.69, 9.17) is 9.47 Å². The Hall–Kier alpha value is -1.92. The van der Waals surface area contributed by atoms with E-state index in [1.54, 1.807) is 19.7 Å². The number of likely N-dealkylation sites (tertiary alicyclic amines) is 1. The number of methoxy groups -OCH3 is 2. The molecule has 2 heterocycles. The molecule has 174 valence electrons. The zero-order chi connectivity index (χ0) is 22.5. The monoisotopic (exact) mass is 456 g/mol. The Morgan fingerprint density at radius 1 is 1.06 bits per heavy atom. The number of nitrogens with one attached hydrogen (secondary N) is 1. The van der Waals surface area contributed by atoms with E-state index in [9.17, 15) is 18.4 Å². The third-order valence-electron chi connectivity index (χ3n) is 6.30. The second-order valence-corrected chi connectivity index (χ2v) is 10.1. The molecule has 0 aliphatic carbocycles. The number of sulfonamides is 1. The molecule has 31 heavy (non-hydrogen) atoms. The average Bonchev–Trinajstić information content (AvgIpc) is 2.82. The van der Waals surface area contributed by atoms with Gasteiger partial charge in [-0.25, -0.2) is 13.9 Å². The molecule has 11 heteroatoms. The zero-order valence-corrected chi connectivity index (χ0v) is 18.9. The van der Waals surface area contributed by atoms with Crippen molar-refractivity contribution in [2.75, 3.05) is 71.5 Å². The Morgan fingerprint density at radius 2 is 1.68 bits per heavy atom. The number of rotatable bonds is 8. The maximum absolute atomic E-state index is 13.6. The van der Waals surface area contributed by atoms with Crippen molar-refractivity contribution in [3.8, 4) is 5.75 Å². The van der Waals surface area contributed by atoms with Crippen LogP contribution in [0.5, 0.6) is 5.75 Å². The summed E-state index contributed by atoms with van der Waals surface area (Å²) in [6, 6.07) is 7.63. The molecule has 1 amide bonds. The maximum atomic E-state index is 13.6. The highest BCUT2D eigenvalue weighted by Crippen LogP contribution is 2.34. The van der Waals surface area contributed by atoms with Gasteiger partial charge in [-0.1, -0.05) is 0 Å². The zero-order valence-electron chi connectivity index (χ0n) is 18.1. The molecule has 1 aromatic rings. The van der Waals surface area contributed by atoms with E-state index in [0.29, 0.717) is 39.3 Å². The predicted octanol–water partition coefficient (Wildman–Crippen LogP) is 0.133. The minimum absolute atomic E-state index is 0.129. The average molecular weight is 457 g/mol. The number of hydrogen-bond acceptors (Lipinski definition) is 8. The number of piperidine rings is 1. The Bertz CT molecular complexity index is 832. The molecule has 3 rings (SSSR count). The van der Waals surface area contributed by atoms with Gasteiger partial charge in [0.25, 0.3) is 5.91 Å². The number of benzene rings is 1. The number of amides is 1. The van der Waals surface area contributed by atoms with E-state index in [0.717, 1.165) is 11.4 Å². The molecule has 2 saturated heterocycles. The van der Waals surface area contributed by atoms with Crippen molar-refractivity contribution in [2.24, 2.45) is 0 Å². The third-order valence-corrected chi connectivity index (χ3v) is 8.93. The fraction of sp³-hybridized carbons (Fsp3) is 0.650. The van der Waals surface area contributed by atoms with Gasteiger partial charge in [-0.05, 0) is 37.1 Å². The summed E-state index contributed by atoms with van der Waals surface area (Å²) in [6.45, 7) is 3.70. The second-order valence-electron chi connectivity index (χ2n) is 7.86. The van der Waals surface area contributed by atoms with Crippen LogP contribution in [0.3, 0.4) is 0 Å². The number of carbonyl (C=O) groups is 1. The molecule has 0 saturated carbocycles. The fourth-order valence-corrected chi connectivity index (χ4v) is 6.41. The standard InChI is InChI=1S/C20H32N4O6S/c1-29-16-15-22-9-7-20(8-10-22,19(25)21-26)31(27,28)24-13-11-23(12-14-24)17-3-5-18(30-2)6-4-17/h3-6,26H,7-16H2,1-2H3,(H,21,25). The van der Waals surface area contributed by atoms with E-state index in [1.165, 1.54) is 4.31 Å². The first-order valence-corrected chi connectivity index (χ1v) is 11.9. The number of anilines is 1. The van der Waals surface area contributed by atoms with Gasteiger partial charge in [0.2, 0.25) is 10.0 Å². The van der Waals surface area contributed by atoms with Crippen LogP contribution in [0.15, 0.2) is 24.3 Å². The first-order chi connectivity index (χ1) is 14.9. The third kappa shape index (κ3) is 4.80. The highest BCUT2D eigenvalue weighted by molar-refractivity contribution is 7.91. The van der Waals surface area contributed by atoms with Gasteiger partial charge in [-0.2, -0.15) is 4.31 Å². The number of hydroxylamine groups is 1. The predicted molar refractivity (Wildman–Crippen MR) is 116 cm³/mol. The molecule has 10 nitrogen and oxygen atoms in total. The van der Waals surface area contributed by atoms with Gasteiger partial charge in [0.05, 0.1) is 13.7 Å². The van der Waals surface area contributed by atoms with Crippen molar-refractivity contribution >= 4 is 21.6 Å². The molecule has 2 aliphatic heterocycles. The van der Waals surface area contributed by atoms with Crippen molar-refractivity contribution in [3.63, 3.8) is 0 Å². The molecule has 0 radical (unpaired) electrons. The number of nitrogens with zero attached hydrogens (tertiary/aromatic N) is 3. The lowest BCUT2D eigenvalue weighted by molar-refractivity contribution is -0.133. The van der Waals surface area contributed by atoms with Crippen molar-refractivity contribution in [2.45, 2.75) is 17.6 Å². The number of carbonyl (C=O) groups excluding carboxylic acids is 1. The van der Waals surface area contributed by atoms with Crippen LogP contribution < -0.4 is 15.1 Å². The second kappa shape index (κ2) is 10.1. The maximum Gasteiger partial charge on any atom is 0.266 e. The number of hydrogen-bond donors (Lipinski definition) is 2. The largest absolute Gasteiger partial charge is 0.497 e. The summed E-state index contributed by atoms with van der Waals surface area (Å²) in [6.07, 6.45) is 0.258. The molecule has 1 aromatic carbocycles. The van der Waals surface area contributed by atoms with E-state index >= 15 is 0 Å². The van der Waals surface area contributed by atoms with Crippen LogP contribution in [0, 0.1) is 0 Å². The fourth-order valence-electron chi connectivity index (χ4n) is 4.29. The summed E-state index contributed by atoms with van der Waals surface area (Å²) in [5, 5.41) is 9.32. The highest BCUT2D eigenvalue weighted by Gasteiger charge is 2.55. The van der Waals surface area contributed by atoms with E-state index in [1.807, 2.05) is 24.3 Å². The lowest BCUT2D eigenvalue weighted by Crippen LogP contribution is -2.63. The minimum atomic E-state index is -3.96. The first-order valence-electron chi connectivity index (χ1n) is 10.4. The molecule has 2 aliphatic rings. The molecule has 0 aromatic heterocycles. The van der Waals surface area contributed by atoms with Gasteiger partial charge in [-0.15, -0.1) is 0 Å². The lowest BCUT2D eigenvalue weighted by Gasteiger charge is -2.44. The van der Waals surface area contributed by atoms with Crippen LogP contribution in [0.4, 0.5) is 5.69 Å².